The molecule has 3 unspecified atom stereocenters. The third-order valence-corrected chi connectivity index (χ3v) is 9.24. The van der Waals surface area contributed by atoms with Crippen molar-refractivity contribution < 1.29 is 27.6 Å². The summed E-state index contributed by atoms with van der Waals surface area (Å²) in [6, 6.07) is 9.58. The van der Waals surface area contributed by atoms with Crippen LogP contribution < -0.4 is 5.32 Å². The van der Waals surface area contributed by atoms with E-state index in [-0.39, 0.29) is 19.8 Å². The van der Waals surface area contributed by atoms with Gasteiger partial charge < -0.3 is 23.8 Å². The van der Waals surface area contributed by atoms with Crippen molar-refractivity contribution in [2.45, 2.75) is 52.2 Å². The van der Waals surface area contributed by atoms with Crippen molar-refractivity contribution in [2.24, 2.45) is 0 Å². The molecule has 0 aliphatic rings. The summed E-state index contributed by atoms with van der Waals surface area (Å²) in [5.41, 5.74) is 1.00. The predicted molar refractivity (Wildman–Crippen MR) is 103 cm³/mol. The molecule has 0 amide bonds. The summed E-state index contributed by atoms with van der Waals surface area (Å²) in [6.45, 7) is 7.51. The van der Waals surface area contributed by atoms with E-state index >= 15 is 0 Å². The fourth-order valence-corrected chi connectivity index (χ4v) is 6.97. The van der Waals surface area contributed by atoms with Crippen molar-refractivity contribution in [1.82, 2.24) is 5.32 Å². The summed E-state index contributed by atoms with van der Waals surface area (Å²) in [4.78, 5) is 10.5. The van der Waals surface area contributed by atoms with Gasteiger partial charge in [-0.3, -0.25) is 9.13 Å². The Morgan fingerprint density at radius 2 is 1.65 bits per heavy atom. The summed E-state index contributed by atoms with van der Waals surface area (Å²) >= 11 is 0. The molecular formula is C17H31NO6P2. The van der Waals surface area contributed by atoms with Crippen molar-refractivity contribution in [2.75, 3.05) is 19.8 Å². The zero-order valence-corrected chi connectivity index (χ0v) is 17.7. The molecule has 0 aliphatic carbocycles. The minimum Gasteiger partial charge on any atom is -0.324 e. The van der Waals surface area contributed by atoms with E-state index in [9.17, 15) is 14.0 Å². The number of benzene rings is 1. The molecule has 7 nitrogen and oxygen atoms in total. The van der Waals surface area contributed by atoms with Crippen LogP contribution in [0, 0.1) is 0 Å². The van der Waals surface area contributed by atoms with Crippen LogP contribution >= 0.6 is 15.2 Å². The second-order valence-corrected chi connectivity index (χ2v) is 10.5. The molecule has 0 saturated heterocycles. The molecule has 0 heterocycles. The van der Waals surface area contributed by atoms with Crippen LogP contribution in [0.1, 0.15) is 39.7 Å². The van der Waals surface area contributed by atoms with E-state index in [0.717, 1.165) is 5.56 Å². The van der Waals surface area contributed by atoms with Crippen LogP contribution in [0.4, 0.5) is 0 Å². The van der Waals surface area contributed by atoms with Gasteiger partial charge in [0.2, 0.25) is 0 Å². The summed E-state index contributed by atoms with van der Waals surface area (Å²) < 4.78 is 42.0. The highest BCUT2D eigenvalue weighted by Crippen LogP contribution is 2.68. The Morgan fingerprint density at radius 3 is 2.15 bits per heavy atom. The Morgan fingerprint density at radius 1 is 1.08 bits per heavy atom. The summed E-state index contributed by atoms with van der Waals surface area (Å²) in [6.07, 6.45) is 0.113. The monoisotopic (exact) mass is 407 g/mol. The fourth-order valence-electron chi connectivity index (χ4n) is 2.32. The summed E-state index contributed by atoms with van der Waals surface area (Å²) in [5, 5.41) is 1.78. The maximum atomic E-state index is 13.2. The van der Waals surface area contributed by atoms with Gasteiger partial charge in [-0.1, -0.05) is 37.3 Å². The zero-order chi connectivity index (χ0) is 19.6. The van der Waals surface area contributed by atoms with Crippen LogP contribution in [0.25, 0.3) is 0 Å². The van der Waals surface area contributed by atoms with Crippen molar-refractivity contribution >= 4 is 15.2 Å². The van der Waals surface area contributed by atoms with E-state index in [1.807, 2.05) is 37.3 Å². The molecule has 1 aromatic rings. The van der Waals surface area contributed by atoms with Gasteiger partial charge >= 0.3 is 15.2 Å². The lowest BCUT2D eigenvalue weighted by atomic mass is 10.2. The van der Waals surface area contributed by atoms with Crippen LogP contribution in [0.3, 0.4) is 0 Å². The first kappa shape index (κ1) is 23.5. The average Bonchev–Trinajstić information content (AvgIpc) is 2.59. The third-order valence-electron chi connectivity index (χ3n) is 3.76. The molecule has 0 fully saturated rings. The van der Waals surface area contributed by atoms with Crippen molar-refractivity contribution in [1.29, 1.82) is 0 Å². The first-order valence-corrected chi connectivity index (χ1v) is 12.2. The smallest absolute Gasteiger partial charge is 0.324 e. The molecule has 1 aromatic carbocycles. The Bertz CT molecular complexity index is 603. The lowest BCUT2D eigenvalue weighted by Crippen LogP contribution is -2.30. The van der Waals surface area contributed by atoms with Crippen molar-refractivity contribution in [3.05, 3.63) is 35.9 Å². The minimum atomic E-state index is -4.25. The van der Waals surface area contributed by atoms with Gasteiger partial charge in [-0.05, 0) is 32.8 Å². The zero-order valence-electron chi connectivity index (χ0n) is 16.0. The Kier molecular flexibility index (Phi) is 10.3. The van der Waals surface area contributed by atoms with Gasteiger partial charge in [-0.25, -0.2) is 0 Å². The number of hydrogen-bond donors (Lipinski definition) is 2. The van der Waals surface area contributed by atoms with Crippen LogP contribution in [-0.2, 0) is 29.2 Å². The van der Waals surface area contributed by atoms with Crippen molar-refractivity contribution in [3.8, 4) is 0 Å². The third kappa shape index (κ3) is 7.24. The van der Waals surface area contributed by atoms with E-state index < -0.39 is 26.7 Å². The van der Waals surface area contributed by atoms with Gasteiger partial charge in [0.25, 0.3) is 0 Å². The van der Waals surface area contributed by atoms with Gasteiger partial charge in [-0.15, -0.1) is 0 Å². The molecule has 0 aromatic heterocycles. The highest BCUT2D eigenvalue weighted by atomic mass is 31.2. The molecule has 26 heavy (non-hydrogen) atoms. The molecule has 9 heteroatoms. The minimum absolute atomic E-state index is 0.0314. The van der Waals surface area contributed by atoms with Gasteiger partial charge in [0, 0.05) is 13.1 Å². The van der Waals surface area contributed by atoms with E-state index in [0.29, 0.717) is 13.0 Å². The second kappa shape index (κ2) is 11.4. The maximum Gasteiger partial charge on any atom is 0.347 e. The molecule has 0 bridgehead atoms. The van der Waals surface area contributed by atoms with Crippen LogP contribution in [0.15, 0.2) is 30.3 Å². The molecule has 0 saturated carbocycles. The normalized spacial score (nSPS) is 16.8. The molecule has 2 N–H and O–H groups in total. The van der Waals surface area contributed by atoms with E-state index in [2.05, 4.69) is 5.32 Å². The Balaban J connectivity index is 2.99. The largest absolute Gasteiger partial charge is 0.347 e. The number of rotatable bonds is 13. The van der Waals surface area contributed by atoms with Crippen LogP contribution in [0.5, 0.6) is 0 Å². The van der Waals surface area contributed by atoms with Crippen molar-refractivity contribution in [3.63, 3.8) is 0 Å². The molecule has 150 valence electrons. The summed E-state index contributed by atoms with van der Waals surface area (Å²) in [5.74, 6) is 0. The lowest BCUT2D eigenvalue weighted by molar-refractivity contribution is 0.175. The first-order chi connectivity index (χ1) is 12.3. The van der Waals surface area contributed by atoms with E-state index in [4.69, 9.17) is 13.6 Å². The van der Waals surface area contributed by atoms with E-state index in [1.165, 1.54) is 0 Å². The fraction of sp³-hybridized carbons (Fsp3) is 0.647. The van der Waals surface area contributed by atoms with Crippen LogP contribution in [-0.4, -0.2) is 36.2 Å². The summed E-state index contributed by atoms with van der Waals surface area (Å²) in [7, 11) is -8.09. The average molecular weight is 407 g/mol. The van der Waals surface area contributed by atoms with Gasteiger partial charge in [0.1, 0.15) is 0 Å². The Labute approximate surface area is 156 Å². The number of hydrogen-bond acceptors (Lipinski definition) is 6. The maximum absolute atomic E-state index is 13.2. The highest BCUT2D eigenvalue weighted by molar-refractivity contribution is 7.72. The molecule has 3 atom stereocenters. The molecule has 1 rings (SSSR count). The molecule has 0 spiro atoms. The first-order valence-electron chi connectivity index (χ1n) is 8.93. The van der Waals surface area contributed by atoms with Gasteiger partial charge in [-0.2, -0.15) is 0 Å². The molecule has 0 radical (unpaired) electrons. The molecular weight excluding hydrogens is 376 g/mol. The topological polar surface area (TPSA) is 94.1 Å². The van der Waals surface area contributed by atoms with E-state index in [1.54, 1.807) is 20.8 Å². The van der Waals surface area contributed by atoms with Gasteiger partial charge in [0.15, 0.2) is 5.40 Å². The SMILES string of the molecule is CCOP(=O)(OCC)C(CNCc1ccccc1)P(=O)(O)OC(C)CC. The number of nitrogens with one attached hydrogen (secondary N) is 1. The predicted octanol–water partition coefficient (Wildman–Crippen LogP) is 4.37. The van der Waals surface area contributed by atoms with Crippen LogP contribution in [0.2, 0.25) is 0 Å². The highest BCUT2D eigenvalue weighted by Gasteiger charge is 2.49. The lowest BCUT2D eigenvalue weighted by Gasteiger charge is -2.30. The quantitative estimate of drug-likeness (QED) is 0.469. The standard InChI is InChI=1S/C17H31NO6P2/c1-5-15(4)24-25(19,20)17(26(21,22-6-2)23-7-3)14-18-13-16-11-9-8-10-12-16/h8-12,15,17-18H,5-7,13-14H2,1-4H3,(H,19,20). The van der Waals surface area contributed by atoms with Gasteiger partial charge in [0.05, 0.1) is 19.3 Å². The molecule has 0 aliphatic heterocycles. The Hall–Kier alpha value is -0.520. The second-order valence-electron chi connectivity index (χ2n) is 5.86.